The van der Waals surface area contributed by atoms with Gasteiger partial charge >= 0.3 is 0 Å². The van der Waals surface area contributed by atoms with Gasteiger partial charge in [0.15, 0.2) is 0 Å². The van der Waals surface area contributed by atoms with Crippen LogP contribution < -0.4 is 10.6 Å². The summed E-state index contributed by atoms with van der Waals surface area (Å²) in [6.07, 6.45) is 4.15. The Bertz CT molecular complexity index is 931. The SMILES string of the molecule is CSCCC(NC(=O)c1ccccc1)C(=O)Nc1cnc2ccccc2c1. The van der Waals surface area contributed by atoms with Crippen LogP contribution in [0.5, 0.6) is 0 Å². The highest BCUT2D eigenvalue weighted by Gasteiger charge is 2.21. The van der Waals surface area contributed by atoms with Crippen molar-refractivity contribution in [3.05, 3.63) is 72.4 Å². The summed E-state index contributed by atoms with van der Waals surface area (Å²) in [6.45, 7) is 0. The van der Waals surface area contributed by atoms with Gasteiger partial charge < -0.3 is 10.6 Å². The molecule has 0 saturated heterocycles. The van der Waals surface area contributed by atoms with Crippen LogP contribution in [0.2, 0.25) is 0 Å². The van der Waals surface area contributed by atoms with E-state index in [1.54, 1.807) is 42.2 Å². The topological polar surface area (TPSA) is 71.1 Å². The summed E-state index contributed by atoms with van der Waals surface area (Å²) in [5.41, 5.74) is 2.01. The minimum atomic E-state index is -0.614. The smallest absolute Gasteiger partial charge is 0.251 e. The number of benzene rings is 2. The first-order chi connectivity index (χ1) is 13.2. The summed E-state index contributed by atoms with van der Waals surface area (Å²) in [6, 6.07) is 17.9. The molecular formula is C21H21N3O2S. The van der Waals surface area contributed by atoms with E-state index in [1.807, 2.05) is 42.7 Å². The summed E-state index contributed by atoms with van der Waals surface area (Å²) in [4.78, 5) is 29.6. The Balaban J connectivity index is 1.72. The lowest BCUT2D eigenvalue weighted by molar-refractivity contribution is -0.118. The first-order valence-electron chi connectivity index (χ1n) is 8.68. The van der Waals surface area contributed by atoms with Crippen LogP contribution in [0, 0.1) is 0 Å². The number of hydrogen-bond acceptors (Lipinski definition) is 4. The fourth-order valence-electron chi connectivity index (χ4n) is 2.70. The van der Waals surface area contributed by atoms with Gasteiger partial charge in [0.25, 0.3) is 5.91 Å². The van der Waals surface area contributed by atoms with Gasteiger partial charge in [0.05, 0.1) is 17.4 Å². The van der Waals surface area contributed by atoms with E-state index in [4.69, 9.17) is 0 Å². The highest BCUT2D eigenvalue weighted by molar-refractivity contribution is 7.98. The van der Waals surface area contributed by atoms with E-state index in [9.17, 15) is 9.59 Å². The second-order valence-corrected chi connectivity index (χ2v) is 7.07. The lowest BCUT2D eigenvalue weighted by atomic mass is 10.1. The van der Waals surface area contributed by atoms with Crippen molar-refractivity contribution in [1.82, 2.24) is 10.3 Å². The largest absolute Gasteiger partial charge is 0.340 e. The molecule has 1 atom stereocenters. The molecule has 27 heavy (non-hydrogen) atoms. The Hall–Kier alpha value is -2.86. The molecule has 0 radical (unpaired) electrons. The molecule has 2 aromatic carbocycles. The summed E-state index contributed by atoms with van der Waals surface area (Å²) in [5.74, 6) is 0.266. The van der Waals surface area contributed by atoms with Crippen molar-refractivity contribution < 1.29 is 9.59 Å². The quantitative estimate of drug-likeness (QED) is 0.656. The van der Waals surface area contributed by atoms with Gasteiger partial charge in [-0.3, -0.25) is 14.6 Å². The number of rotatable bonds is 7. The number of nitrogens with zero attached hydrogens (tertiary/aromatic N) is 1. The second kappa shape index (κ2) is 9.19. The summed E-state index contributed by atoms with van der Waals surface area (Å²) in [5, 5.41) is 6.66. The predicted molar refractivity (Wildman–Crippen MR) is 111 cm³/mol. The van der Waals surface area contributed by atoms with Gasteiger partial charge in [-0.1, -0.05) is 36.4 Å². The number of para-hydroxylation sites is 1. The molecule has 1 heterocycles. The van der Waals surface area contributed by atoms with Gasteiger partial charge in [-0.25, -0.2) is 0 Å². The number of thioether (sulfide) groups is 1. The molecule has 138 valence electrons. The first-order valence-corrected chi connectivity index (χ1v) is 10.1. The maximum Gasteiger partial charge on any atom is 0.251 e. The van der Waals surface area contributed by atoms with Gasteiger partial charge in [0, 0.05) is 10.9 Å². The molecule has 5 nitrogen and oxygen atoms in total. The average Bonchev–Trinajstić information content (AvgIpc) is 2.71. The van der Waals surface area contributed by atoms with E-state index in [2.05, 4.69) is 15.6 Å². The zero-order valence-electron chi connectivity index (χ0n) is 15.0. The number of hydrogen-bond donors (Lipinski definition) is 2. The second-order valence-electron chi connectivity index (χ2n) is 6.08. The number of anilines is 1. The fourth-order valence-corrected chi connectivity index (χ4v) is 3.18. The van der Waals surface area contributed by atoms with Crippen LogP contribution in [0.4, 0.5) is 5.69 Å². The molecule has 1 unspecified atom stereocenters. The number of aromatic nitrogens is 1. The minimum Gasteiger partial charge on any atom is -0.340 e. The number of carbonyl (C=O) groups excluding carboxylic acids is 2. The normalized spacial score (nSPS) is 11.7. The van der Waals surface area contributed by atoms with Crippen LogP contribution in [0.1, 0.15) is 16.8 Å². The average molecular weight is 379 g/mol. The zero-order chi connectivity index (χ0) is 19.1. The van der Waals surface area contributed by atoms with Gasteiger partial charge in [-0.15, -0.1) is 0 Å². The van der Waals surface area contributed by atoms with Crippen molar-refractivity contribution >= 4 is 40.2 Å². The number of pyridine rings is 1. The van der Waals surface area contributed by atoms with E-state index in [1.165, 1.54) is 0 Å². The van der Waals surface area contributed by atoms with Crippen molar-refractivity contribution in [3.63, 3.8) is 0 Å². The Morgan fingerprint density at radius 1 is 1.07 bits per heavy atom. The molecule has 0 fully saturated rings. The summed E-state index contributed by atoms with van der Waals surface area (Å²) >= 11 is 1.63. The summed E-state index contributed by atoms with van der Waals surface area (Å²) < 4.78 is 0. The number of carbonyl (C=O) groups is 2. The molecule has 3 aromatic rings. The monoisotopic (exact) mass is 379 g/mol. The lowest BCUT2D eigenvalue weighted by Crippen LogP contribution is -2.44. The third kappa shape index (κ3) is 5.08. The van der Waals surface area contributed by atoms with Crippen LogP contribution in [0.15, 0.2) is 66.9 Å². The molecule has 0 aliphatic rings. The zero-order valence-corrected chi connectivity index (χ0v) is 15.8. The van der Waals surface area contributed by atoms with Crippen LogP contribution in [0.3, 0.4) is 0 Å². The van der Waals surface area contributed by atoms with Gasteiger partial charge in [0.2, 0.25) is 5.91 Å². The van der Waals surface area contributed by atoms with Crippen molar-refractivity contribution in [1.29, 1.82) is 0 Å². The van der Waals surface area contributed by atoms with E-state index in [0.29, 0.717) is 17.7 Å². The van der Waals surface area contributed by atoms with E-state index in [0.717, 1.165) is 16.7 Å². The Morgan fingerprint density at radius 3 is 2.59 bits per heavy atom. The molecule has 0 aliphatic heterocycles. The standard InChI is InChI=1S/C21H21N3O2S/c1-27-12-11-19(24-20(25)15-7-3-2-4-8-15)21(26)23-17-13-16-9-5-6-10-18(16)22-14-17/h2-10,13-14,19H,11-12H2,1H3,(H,23,26)(H,24,25). The molecule has 2 amide bonds. The Morgan fingerprint density at radius 2 is 1.81 bits per heavy atom. The molecule has 2 N–H and O–H groups in total. The third-order valence-electron chi connectivity index (χ3n) is 4.13. The first kappa shape index (κ1) is 18.9. The lowest BCUT2D eigenvalue weighted by Gasteiger charge is -2.18. The molecule has 3 rings (SSSR count). The van der Waals surface area contributed by atoms with E-state index in [-0.39, 0.29) is 11.8 Å². The van der Waals surface area contributed by atoms with Crippen LogP contribution >= 0.6 is 11.8 Å². The number of fused-ring (bicyclic) bond motifs is 1. The summed E-state index contributed by atoms with van der Waals surface area (Å²) in [7, 11) is 0. The maximum absolute atomic E-state index is 12.8. The number of amides is 2. The van der Waals surface area contributed by atoms with Gasteiger partial charge in [-0.05, 0) is 42.7 Å². The fraction of sp³-hybridized carbons (Fsp3) is 0.190. The van der Waals surface area contributed by atoms with Gasteiger partial charge in [-0.2, -0.15) is 11.8 Å². The van der Waals surface area contributed by atoms with E-state index >= 15 is 0 Å². The van der Waals surface area contributed by atoms with Crippen LogP contribution in [0.25, 0.3) is 10.9 Å². The van der Waals surface area contributed by atoms with Crippen LogP contribution in [-0.4, -0.2) is 34.8 Å². The van der Waals surface area contributed by atoms with Crippen molar-refractivity contribution in [3.8, 4) is 0 Å². The molecule has 6 heteroatoms. The Kier molecular flexibility index (Phi) is 6.44. The van der Waals surface area contributed by atoms with E-state index < -0.39 is 6.04 Å². The van der Waals surface area contributed by atoms with Crippen LogP contribution in [-0.2, 0) is 4.79 Å². The van der Waals surface area contributed by atoms with Gasteiger partial charge in [0.1, 0.15) is 6.04 Å². The van der Waals surface area contributed by atoms with Crippen molar-refractivity contribution in [2.45, 2.75) is 12.5 Å². The molecular weight excluding hydrogens is 358 g/mol. The Labute approximate surface area is 162 Å². The highest BCUT2D eigenvalue weighted by Crippen LogP contribution is 2.16. The molecule has 0 spiro atoms. The number of nitrogens with one attached hydrogen (secondary N) is 2. The van der Waals surface area contributed by atoms with Crippen molar-refractivity contribution in [2.24, 2.45) is 0 Å². The molecule has 0 bridgehead atoms. The minimum absolute atomic E-state index is 0.245. The maximum atomic E-state index is 12.8. The van der Waals surface area contributed by atoms with Crippen molar-refractivity contribution in [2.75, 3.05) is 17.3 Å². The predicted octanol–water partition coefficient (Wildman–Crippen LogP) is 3.73. The third-order valence-corrected chi connectivity index (χ3v) is 4.77. The molecule has 0 saturated carbocycles. The highest BCUT2D eigenvalue weighted by atomic mass is 32.2. The molecule has 1 aromatic heterocycles. The molecule has 0 aliphatic carbocycles.